The molecule has 0 N–H and O–H groups in total. The van der Waals surface area contributed by atoms with E-state index in [-0.39, 0.29) is 5.91 Å². The lowest BCUT2D eigenvalue weighted by atomic mass is 9.91. The summed E-state index contributed by atoms with van der Waals surface area (Å²) in [6.45, 7) is 1.46. The van der Waals surface area contributed by atoms with Crippen LogP contribution >= 0.6 is 0 Å². The number of nitrogens with zero attached hydrogens (tertiary/aromatic N) is 1. The molecular formula is C18H19F2NO2. The van der Waals surface area contributed by atoms with Crippen molar-refractivity contribution in [1.29, 1.82) is 0 Å². The Morgan fingerprint density at radius 2 is 2.13 bits per heavy atom. The Morgan fingerprint density at radius 3 is 2.87 bits per heavy atom. The van der Waals surface area contributed by atoms with E-state index in [1.807, 2.05) is 4.90 Å². The van der Waals surface area contributed by atoms with Crippen molar-refractivity contribution in [2.75, 3.05) is 13.1 Å². The zero-order chi connectivity index (χ0) is 16.2. The summed E-state index contributed by atoms with van der Waals surface area (Å²) >= 11 is 0. The normalized spacial score (nSPS) is 18.2. The van der Waals surface area contributed by atoms with E-state index in [1.54, 1.807) is 12.1 Å². The average Bonchev–Trinajstić information content (AvgIpc) is 3.10. The minimum Gasteiger partial charge on any atom is -0.472 e. The topological polar surface area (TPSA) is 33.5 Å². The highest BCUT2D eigenvalue weighted by Crippen LogP contribution is 2.23. The molecule has 0 aliphatic carbocycles. The number of hydrogen-bond acceptors (Lipinski definition) is 2. The van der Waals surface area contributed by atoms with Gasteiger partial charge in [0, 0.05) is 13.1 Å². The second kappa shape index (κ2) is 6.94. The number of furan rings is 1. The van der Waals surface area contributed by atoms with Gasteiger partial charge in [0.2, 0.25) is 0 Å². The van der Waals surface area contributed by atoms with Crippen molar-refractivity contribution < 1.29 is 18.0 Å². The first-order chi connectivity index (χ1) is 11.1. The molecule has 2 heterocycles. The van der Waals surface area contributed by atoms with Crippen LogP contribution in [0.25, 0.3) is 0 Å². The van der Waals surface area contributed by atoms with Crippen molar-refractivity contribution in [3.8, 4) is 0 Å². The number of amides is 1. The molecule has 122 valence electrons. The highest BCUT2D eigenvalue weighted by Gasteiger charge is 2.24. The zero-order valence-electron chi connectivity index (χ0n) is 12.8. The van der Waals surface area contributed by atoms with Gasteiger partial charge in [-0.1, -0.05) is 6.07 Å². The maximum absolute atomic E-state index is 13.2. The van der Waals surface area contributed by atoms with E-state index in [2.05, 4.69) is 0 Å². The summed E-state index contributed by atoms with van der Waals surface area (Å²) in [5, 5.41) is 0. The van der Waals surface area contributed by atoms with E-state index in [0.29, 0.717) is 24.4 Å². The molecule has 1 aliphatic rings. The van der Waals surface area contributed by atoms with Crippen LogP contribution in [0.1, 0.15) is 35.2 Å². The van der Waals surface area contributed by atoms with Gasteiger partial charge in [0.1, 0.15) is 6.26 Å². The molecule has 1 fully saturated rings. The molecule has 1 aromatic heterocycles. The number of likely N-dealkylation sites (tertiary alicyclic amines) is 1. The molecule has 0 bridgehead atoms. The first kappa shape index (κ1) is 15.7. The van der Waals surface area contributed by atoms with Gasteiger partial charge in [-0.05, 0) is 55.4 Å². The van der Waals surface area contributed by atoms with Gasteiger partial charge in [0.15, 0.2) is 11.6 Å². The predicted molar refractivity (Wildman–Crippen MR) is 82.0 cm³/mol. The first-order valence-electron chi connectivity index (χ1n) is 7.89. The minimum atomic E-state index is -0.816. The van der Waals surface area contributed by atoms with Crippen LogP contribution < -0.4 is 0 Å². The summed E-state index contributed by atoms with van der Waals surface area (Å²) in [6.07, 6.45) is 6.53. The van der Waals surface area contributed by atoms with Gasteiger partial charge in [-0.2, -0.15) is 0 Å². The van der Waals surface area contributed by atoms with E-state index in [9.17, 15) is 13.6 Å². The largest absolute Gasteiger partial charge is 0.472 e. The third kappa shape index (κ3) is 3.78. The summed E-state index contributed by atoms with van der Waals surface area (Å²) in [6, 6.07) is 5.72. The van der Waals surface area contributed by atoms with Gasteiger partial charge < -0.3 is 9.32 Å². The van der Waals surface area contributed by atoms with E-state index < -0.39 is 11.6 Å². The van der Waals surface area contributed by atoms with Crippen LogP contribution in [-0.4, -0.2) is 23.9 Å². The van der Waals surface area contributed by atoms with Gasteiger partial charge in [-0.15, -0.1) is 0 Å². The Labute approximate surface area is 133 Å². The summed E-state index contributed by atoms with van der Waals surface area (Å²) in [7, 11) is 0. The highest BCUT2D eigenvalue weighted by atomic mass is 19.2. The molecular weight excluding hydrogens is 300 g/mol. The van der Waals surface area contributed by atoms with Crippen molar-refractivity contribution in [3.05, 3.63) is 59.6 Å². The maximum Gasteiger partial charge on any atom is 0.257 e. The van der Waals surface area contributed by atoms with Crippen molar-refractivity contribution in [1.82, 2.24) is 4.90 Å². The van der Waals surface area contributed by atoms with E-state index in [1.165, 1.54) is 24.7 Å². The van der Waals surface area contributed by atoms with Gasteiger partial charge in [0.05, 0.1) is 11.8 Å². The van der Waals surface area contributed by atoms with Crippen molar-refractivity contribution in [2.24, 2.45) is 5.92 Å². The van der Waals surface area contributed by atoms with Crippen LogP contribution in [0.15, 0.2) is 41.2 Å². The fraction of sp³-hybridized carbons (Fsp3) is 0.389. The van der Waals surface area contributed by atoms with Crippen molar-refractivity contribution in [2.45, 2.75) is 25.7 Å². The molecule has 1 amide bonds. The van der Waals surface area contributed by atoms with E-state index >= 15 is 0 Å². The number of carbonyl (C=O) groups is 1. The molecule has 3 rings (SSSR count). The lowest BCUT2D eigenvalue weighted by Gasteiger charge is -2.32. The first-order valence-corrected chi connectivity index (χ1v) is 7.89. The summed E-state index contributed by atoms with van der Waals surface area (Å²) in [5.41, 5.74) is 1.37. The Morgan fingerprint density at radius 1 is 1.26 bits per heavy atom. The molecule has 0 spiro atoms. The van der Waals surface area contributed by atoms with Crippen molar-refractivity contribution >= 4 is 5.91 Å². The Kier molecular flexibility index (Phi) is 4.74. The zero-order valence-corrected chi connectivity index (χ0v) is 12.8. The van der Waals surface area contributed by atoms with Crippen LogP contribution in [0.5, 0.6) is 0 Å². The molecule has 0 radical (unpaired) electrons. The number of benzene rings is 1. The molecule has 1 atom stereocenters. The number of halogens is 2. The molecule has 3 nitrogen and oxygen atoms in total. The van der Waals surface area contributed by atoms with E-state index in [0.717, 1.165) is 31.4 Å². The van der Waals surface area contributed by atoms with Crippen LogP contribution in [0.3, 0.4) is 0 Å². The van der Waals surface area contributed by atoms with Gasteiger partial charge >= 0.3 is 0 Å². The van der Waals surface area contributed by atoms with Crippen molar-refractivity contribution in [3.63, 3.8) is 0 Å². The number of hydrogen-bond donors (Lipinski definition) is 0. The Bertz CT molecular complexity index is 670. The minimum absolute atomic E-state index is 0.00345. The molecule has 23 heavy (non-hydrogen) atoms. The molecule has 1 unspecified atom stereocenters. The smallest absolute Gasteiger partial charge is 0.257 e. The van der Waals surface area contributed by atoms with Crippen LogP contribution in [0, 0.1) is 17.6 Å². The highest BCUT2D eigenvalue weighted by molar-refractivity contribution is 5.93. The summed E-state index contributed by atoms with van der Waals surface area (Å²) < 4.78 is 31.1. The van der Waals surface area contributed by atoms with Gasteiger partial charge in [0.25, 0.3) is 5.91 Å². The summed E-state index contributed by atoms with van der Waals surface area (Å²) in [4.78, 5) is 14.2. The van der Waals surface area contributed by atoms with Crippen LogP contribution in [-0.2, 0) is 6.42 Å². The number of aryl methyl sites for hydroxylation is 1. The third-order valence-corrected chi connectivity index (χ3v) is 4.40. The molecule has 5 heteroatoms. The fourth-order valence-electron chi connectivity index (χ4n) is 3.12. The molecule has 0 saturated carbocycles. The third-order valence-electron chi connectivity index (χ3n) is 4.40. The van der Waals surface area contributed by atoms with Gasteiger partial charge in [-0.3, -0.25) is 4.79 Å². The number of carbonyl (C=O) groups excluding carboxylic acids is 1. The molecule has 2 aromatic rings. The second-order valence-electron chi connectivity index (χ2n) is 6.06. The lowest BCUT2D eigenvalue weighted by Crippen LogP contribution is -2.39. The maximum atomic E-state index is 13.2. The predicted octanol–water partition coefficient (Wildman–Crippen LogP) is 4.04. The standard InChI is InChI=1S/C18H19F2NO2/c19-16-6-5-13(10-17(16)20)3-4-14-2-1-8-21(11-14)18(22)15-7-9-23-12-15/h5-7,9-10,12,14H,1-4,8,11H2. The van der Waals surface area contributed by atoms with Crippen LogP contribution in [0.4, 0.5) is 8.78 Å². The molecule has 1 aliphatic heterocycles. The van der Waals surface area contributed by atoms with Gasteiger partial charge in [-0.25, -0.2) is 8.78 Å². The van der Waals surface area contributed by atoms with E-state index in [4.69, 9.17) is 4.42 Å². The average molecular weight is 319 g/mol. The number of rotatable bonds is 4. The second-order valence-corrected chi connectivity index (χ2v) is 6.06. The monoisotopic (exact) mass is 319 g/mol. The molecule has 1 aromatic carbocycles. The Balaban J connectivity index is 1.56. The summed E-state index contributed by atoms with van der Waals surface area (Å²) in [5.74, 6) is -1.24. The fourth-order valence-corrected chi connectivity index (χ4v) is 3.12. The SMILES string of the molecule is O=C(c1ccoc1)N1CCCC(CCc2ccc(F)c(F)c2)C1. The number of piperidine rings is 1. The quantitative estimate of drug-likeness (QED) is 0.852. The lowest BCUT2D eigenvalue weighted by molar-refractivity contribution is 0.0667. The molecule has 1 saturated heterocycles. The Hall–Kier alpha value is -2.17. The van der Waals surface area contributed by atoms with Crippen LogP contribution in [0.2, 0.25) is 0 Å².